The van der Waals surface area contributed by atoms with E-state index >= 15 is 0 Å². The molecule has 0 radical (unpaired) electrons. The molecule has 0 saturated carbocycles. The van der Waals surface area contributed by atoms with Gasteiger partial charge < -0.3 is 0 Å². The molecule has 2 rings (SSSR count). The Morgan fingerprint density at radius 3 is 2.82 bits per heavy atom. The van der Waals surface area contributed by atoms with Crippen LogP contribution in [0.25, 0.3) is 5.82 Å². The van der Waals surface area contributed by atoms with E-state index in [2.05, 4.69) is 10.1 Å². The molecule has 0 aliphatic heterocycles. The Kier molecular flexibility index (Phi) is 2.93. The number of hydrogen-bond acceptors (Lipinski definition) is 3. The number of halogens is 2. The summed E-state index contributed by atoms with van der Waals surface area (Å²) in [7, 11) is 0. The van der Waals surface area contributed by atoms with Crippen LogP contribution in [0.4, 0.5) is 4.39 Å². The molecule has 0 spiro atoms. The molecule has 0 fully saturated rings. The van der Waals surface area contributed by atoms with E-state index in [0.717, 1.165) is 0 Å². The Balaban J connectivity index is 2.62. The molecule has 0 amide bonds. The first-order valence-corrected chi connectivity index (χ1v) is 5.26. The molecule has 0 saturated heterocycles. The summed E-state index contributed by atoms with van der Waals surface area (Å²) in [4.78, 5) is 15.1. The highest BCUT2D eigenvalue weighted by Gasteiger charge is 2.16. The molecule has 88 valence electrons. The van der Waals surface area contributed by atoms with Crippen molar-refractivity contribution in [3.8, 4) is 5.82 Å². The molecule has 0 aromatic carbocycles. The molecule has 4 nitrogen and oxygen atoms in total. The summed E-state index contributed by atoms with van der Waals surface area (Å²) in [5.41, 5.74) is 0.970. The lowest BCUT2D eigenvalue weighted by molar-refractivity contribution is 0.101. The minimum absolute atomic E-state index is 0.0116. The van der Waals surface area contributed by atoms with E-state index < -0.39 is 5.82 Å². The second-order valence-corrected chi connectivity index (χ2v) is 3.95. The van der Waals surface area contributed by atoms with Crippen molar-refractivity contribution in [2.45, 2.75) is 13.8 Å². The summed E-state index contributed by atoms with van der Waals surface area (Å²) in [6, 6.07) is 1.35. The SMILES string of the molecule is CC(=O)c1cnn(-c2nccc(Cl)c2F)c1C. The van der Waals surface area contributed by atoms with Crippen LogP contribution in [0.1, 0.15) is 23.0 Å². The van der Waals surface area contributed by atoms with Gasteiger partial charge >= 0.3 is 0 Å². The van der Waals surface area contributed by atoms with Gasteiger partial charge in [-0.1, -0.05) is 11.6 Å². The van der Waals surface area contributed by atoms with Gasteiger partial charge in [0.1, 0.15) is 0 Å². The van der Waals surface area contributed by atoms with Crippen LogP contribution in [0.2, 0.25) is 5.02 Å². The summed E-state index contributed by atoms with van der Waals surface area (Å²) in [6.07, 6.45) is 2.77. The van der Waals surface area contributed by atoms with Crippen molar-refractivity contribution >= 4 is 17.4 Å². The second-order valence-electron chi connectivity index (χ2n) is 3.54. The lowest BCUT2D eigenvalue weighted by Crippen LogP contribution is -2.06. The second kappa shape index (κ2) is 4.25. The molecule has 2 heterocycles. The molecule has 0 aliphatic carbocycles. The van der Waals surface area contributed by atoms with Gasteiger partial charge in [-0.25, -0.2) is 14.1 Å². The number of carbonyl (C=O) groups excluding carboxylic acids is 1. The minimum atomic E-state index is -0.657. The maximum absolute atomic E-state index is 13.7. The fourth-order valence-corrected chi connectivity index (χ4v) is 1.67. The summed E-state index contributed by atoms with van der Waals surface area (Å²) >= 11 is 5.66. The van der Waals surface area contributed by atoms with Crippen LogP contribution in [-0.2, 0) is 0 Å². The van der Waals surface area contributed by atoms with Crippen LogP contribution < -0.4 is 0 Å². The zero-order valence-corrected chi connectivity index (χ0v) is 9.99. The van der Waals surface area contributed by atoms with Crippen molar-refractivity contribution in [3.63, 3.8) is 0 Å². The van der Waals surface area contributed by atoms with Crippen LogP contribution in [-0.4, -0.2) is 20.5 Å². The number of aromatic nitrogens is 3. The predicted octanol–water partition coefficient (Wildman–Crippen LogP) is 2.57. The maximum Gasteiger partial charge on any atom is 0.191 e. The lowest BCUT2D eigenvalue weighted by Gasteiger charge is -2.05. The summed E-state index contributed by atoms with van der Waals surface area (Å²) < 4.78 is 15.0. The van der Waals surface area contributed by atoms with Gasteiger partial charge in [0.2, 0.25) is 0 Å². The third-order valence-corrected chi connectivity index (χ3v) is 2.71. The number of carbonyl (C=O) groups is 1. The first-order chi connectivity index (χ1) is 8.02. The summed E-state index contributed by atoms with van der Waals surface area (Å²) in [6.45, 7) is 3.10. The number of rotatable bonds is 2. The molecule has 17 heavy (non-hydrogen) atoms. The number of pyridine rings is 1. The molecular weight excluding hydrogens is 245 g/mol. The minimum Gasteiger partial charge on any atom is -0.294 e. The molecule has 0 bridgehead atoms. The van der Waals surface area contributed by atoms with Gasteiger partial charge in [-0.05, 0) is 19.9 Å². The van der Waals surface area contributed by atoms with Gasteiger partial charge in [0.15, 0.2) is 17.4 Å². The van der Waals surface area contributed by atoms with E-state index in [1.165, 1.54) is 30.1 Å². The monoisotopic (exact) mass is 253 g/mol. The maximum atomic E-state index is 13.7. The third kappa shape index (κ3) is 1.93. The molecular formula is C11H9ClFN3O. The highest BCUT2D eigenvalue weighted by Crippen LogP contribution is 2.20. The van der Waals surface area contributed by atoms with Gasteiger partial charge in [0.25, 0.3) is 0 Å². The number of nitrogens with zero attached hydrogens (tertiary/aromatic N) is 3. The van der Waals surface area contributed by atoms with Gasteiger partial charge in [0, 0.05) is 6.20 Å². The van der Waals surface area contributed by atoms with Crippen LogP contribution in [0.5, 0.6) is 0 Å². The van der Waals surface area contributed by atoms with E-state index in [0.29, 0.717) is 11.3 Å². The average Bonchev–Trinajstić information content (AvgIpc) is 2.64. The molecule has 0 unspecified atom stereocenters. The van der Waals surface area contributed by atoms with Gasteiger partial charge in [0.05, 0.1) is 22.5 Å². The smallest absolute Gasteiger partial charge is 0.191 e. The van der Waals surface area contributed by atoms with Crippen LogP contribution in [0.15, 0.2) is 18.5 Å². The zero-order chi connectivity index (χ0) is 12.6. The molecule has 2 aromatic rings. The largest absolute Gasteiger partial charge is 0.294 e. The highest BCUT2D eigenvalue weighted by molar-refractivity contribution is 6.30. The first-order valence-electron chi connectivity index (χ1n) is 4.88. The van der Waals surface area contributed by atoms with E-state index in [-0.39, 0.29) is 16.6 Å². The number of ketones is 1. The van der Waals surface area contributed by atoms with Crippen molar-refractivity contribution in [1.82, 2.24) is 14.8 Å². The predicted molar refractivity (Wildman–Crippen MR) is 61.1 cm³/mol. The molecule has 0 atom stereocenters. The Hall–Kier alpha value is -1.75. The van der Waals surface area contributed by atoms with Crippen molar-refractivity contribution in [1.29, 1.82) is 0 Å². The van der Waals surface area contributed by atoms with Crippen LogP contribution in [0, 0.1) is 12.7 Å². The zero-order valence-electron chi connectivity index (χ0n) is 9.24. The fourth-order valence-electron chi connectivity index (χ4n) is 1.53. The van der Waals surface area contributed by atoms with Crippen molar-refractivity contribution < 1.29 is 9.18 Å². The van der Waals surface area contributed by atoms with Crippen molar-refractivity contribution in [2.24, 2.45) is 0 Å². The molecule has 6 heteroatoms. The average molecular weight is 254 g/mol. The van der Waals surface area contributed by atoms with E-state index in [1.54, 1.807) is 6.92 Å². The summed E-state index contributed by atoms with van der Waals surface area (Å²) in [5.74, 6) is -0.797. The first kappa shape index (κ1) is 11.7. The van der Waals surface area contributed by atoms with E-state index in [1.807, 2.05) is 0 Å². The highest BCUT2D eigenvalue weighted by atomic mass is 35.5. The van der Waals surface area contributed by atoms with Gasteiger partial charge in [-0.15, -0.1) is 0 Å². The van der Waals surface area contributed by atoms with Crippen LogP contribution in [0.3, 0.4) is 0 Å². The Morgan fingerprint density at radius 2 is 2.24 bits per heavy atom. The van der Waals surface area contributed by atoms with Crippen LogP contribution >= 0.6 is 11.6 Å². The van der Waals surface area contributed by atoms with E-state index in [4.69, 9.17) is 11.6 Å². The van der Waals surface area contributed by atoms with E-state index in [9.17, 15) is 9.18 Å². The standard InChI is InChI=1S/C11H9ClFN3O/c1-6-8(7(2)17)5-15-16(6)11-10(13)9(12)3-4-14-11/h3-5H,1-2H3. The quantitative estimate of drug-likeness (QED) is 0.773. The van der Waals surface area contributed by atoms with Crippen molar-refractivity contribution in [2.75, 3.05) is 0 Å². The third-order valence-electron chi connectivity index (χ3n) is 2.41. The topological polar surface area (TPSA) is 47.8 Å². The Bertz CT molecular complexity index is 594. The Labute approximate surface area is 102 Å². The normalized spacial score (nSPS) is 10.6. The number of Topliss-reactive ketones (excluding diaryl/α,β-unsaturated/α-hetero) is 1. The fraction of sp³-hybridized carbons (Fsp3) is 0.182. The van der Waals surface area contributed by atoms with Crippen molar-refractivity contribution in [3.05, 3.63) is 40.6 Å². The van der Waals surface area contributed by atoms with Gasteiger partial charge in [-0.3, -0.25) is 4.79 Å². The number of hydrogen-bond donors (Lipinski definition) is 0. The lowest BCUT2D eigenvalue weighted by atomic mass is 10.2. The molecule has 0 aliphatic rings. The molecule has 0 N–H and O–H groups in total. The Morgan fingerprint density at radius 1 is 1.53 bits per heavy atom. The molecule has 2 aromatic heterocycles. The van der Waals surface area contributed by atoms with Gasteiger partial charge in [-0.2, -0.15) is 5.10 Å². The summed E-state index contributed by atoms with van der Waals surface area (Å²) in [5, 5.41) is 3.91.